The van der Waals surface area contributed by atoms with Crippen LogP contribution in [-0.4, -0.2) is 10.1 Å². The zero-order chi connectivity index (χ0) is 13.9. The first-order chi connectivity index (χ1) is 9.78. The van der Waals surface area contributed by atoms with Gasteiger partial charge in [-0.3, -0.25) is 0 Å². The molecular formula is C17H17NO2. The number of para-hydroxylation sites is 2. The van der Waals surface area contributed by atoms with Crippen LogP contribution in [0, 0.1) is 0 Å². The van der Waals surface area contributed by atoms with E-state index in [0.29, 0.717) is 12.3 Å². The van der Waals surface area contributed by atoms with Gasteiger partial charge in [-0.15, -0.1) is 0 Å². The van der Waals surface area contributed by atoms with Crippen LogP contribution in [0.1, 0.15) is 30.0 Å². The van der Waals surface area contributed by atoms with Gasteiger partial charge in [0.15, 0.2) is 11.5 Å². The van der Waals surface area contributed by atoms with Crippen LogP contribution in [0.3, 0.4) is 0 Å². The van der Waals surface area contributed by atoms with Gasteiger partial charge in [-0.05, 0) is 29.7 Å². The second kappa shape index (κ2) is 5.47. The molecule has 1 atom stereocenters. The molecule has 1 heterocycles. The number of aromatic nitrogens is 1. The van der Waals surface area contributed by atoms with E-state index >= 15 is 0 Å². The minimum Gasteiger partial charge on any atom is -0.441 e. The van der Waals surface area contributed by atoms with Crippen molar-refractivity contribution >= 4 is 11.1 Å². The SMILES string of the molecule is CCc1ccccc1C(O)Cc1nc2ccccc2o1. The predicted molar refractivity (Wildman–Crippen MR) is 78.5 cm³/mol. The van der Waals surface area contributed by atoms with Gasteiger partial charge in [-0.1, -0.05) is 43.3 Å². The van der Waals surface area contributed by atoms with Crippen molar-refractivity contribution < 1.29 is 9.52 Å². The molecule has 0 fully saturated rings. The van der Waals surface area contributed by atoms with Crippen LogP contribution in [0.15, 0.2) is 52.9 Å². The average Bonchev–Trinajstić information content (AvgIpc) is 2.89. The number of hydrogen-bond acceptors (Lipinski definition) is 3. The number of aryl methyl sites for hydroxylation is 1. The van der Waals surface area contributed by atoms with E-state index in [1.165, 1.54) is 0 Å². The zero-order valence-electron chi connectivity index (χ0n) is 11.4. The molecule has 102 valence electrons. The fourth-order valence-corrected chi connectivity index (χ4v) is 2.46. The number of hydrogen-bond donors (Lipinski definition) is 1. The Morgan fingerprint density at radius 2 is 1.85 bits per heavy atom. The summed E-state index contributed by atoms with van der Waals surface area (Å²) in [5.74, 6) is 0.574. The van der Waals surface area contributed by atoms with Crippen LogP contribution in [-0.2, 0) is 12.8 Å². The number of benzene rings is 2. The Morgan fingerprint density at radius 1 is 1.10 bits per heavy atom. The molecule has 3 nitrogen and oxygen atoms in total. The van der Waals surface area contributed by atoms with Gasteiger partial charge < -0.3 is 9.52 Å². The van der Waals surface area contributed by atoms with Crippen LogP contribution < -0.4 is 0 Å². The number of aliphatic hydroxyl groups excluding tert-OH is 1. The standard InChI is InChI=1S/C17H17NO2/c1-2-12-7-3-4-8-13(12)15(19)11-17-18-14-9-5-6-10-16(14)20-17/h3-10,15,19H,2,11H2,1H3. The summed E-state index contributed by atoms with van der Waals surface area (Å²) in [5.41, 5.74) is 3.71. The number of oxazole rings is 1. The van der Waals surface area contributed by atoms with Gasteiger partial charge in [-0.25, -0.2) is 4.98 Å². The molecule has 0 aliphatic carbocycles. The van der Waals surface area contributed by atoms with Crippen LogP contribution in [0.5, 0.6) is 0 Å². The summed E-state index contributed by atoms with van der Waals surface area (Å²) in [5, 5.41) is 10.4. The first-order valence-electron chi connectivity index (χ1n) is 6.88. The topological polar surface area (TPSA) is 46.3 Å². The maximum absolute atomic E-state index is 10.4. The van der Waals surface area contributed by atoms with Crippen LogP contribution >= 0.6 is 0 Å². The molecule has 1 N–H and O–H groups in total. The Hall–Kier alpha value is -2.13. The second-order valence-corrected chi connectivity index (χ2v) is 4.85. The smallest absolute Gasteiger partial charge is 0.198 e. The highest BCUT2D eigenvalue weighted by atomic mass is 16.4. The highest BCUT2D eigenvalue weighted by Crippen LogP contribution is 2.24. The quantitative estimate of drug-likeness (QED) is 0.784. The first-order valence-corrected chi connectivity index (χ1v) is 6.88. The Bertz CT molecular complexity index is 685. The maximum Gasteiger partial charge on any atom is 0.198 e. The highest BCUT2D eigenvalue weighted by molar-refractivity contribution is 5.72. The molecule has 0 bridgehead atoms. The Morgan fingerprint density at radius 3 is 2.65 bits per heavy atom. The molecule has 0 aliphatic heterocycles. The zero-order valence-corrected chi connectivity index (χ0v) is 11.4. The molecule has 3 heteroatoms. The largest absolute Gasteiger partial charge is 0.441 e. The van der Waals surface area contributed by atoms with Gasteiger partial charge in [0, 0.05) is 0 Å². The van der Waals surface area contributed by atoms with E-state index in [1.54, 1.807) is 0 Å². The van der Waals surface area contributed by atoms with Crippen LogP contribution in [0.2, 0.25) is 0 Å². The fraction of sp³-hybridized carbons (Fsp3) is 0.235. The number of nitrogens with zero attached hydrogens (tertiary/aromatic N) is 1. The van der Waals surface area contributed by atoms with E-state index in [2.05, 4.69) is 11.9 Å². The van der Waals surface area contributed by atoms with Gasteiger partial charge in [0.1, 0.15) is 5.52 Å². The normalized spacial score (nSPS) is 12.7. The molecule has 0 aliphatic rings. The number of rotatable bonds is 4. The molecule has 0 amide bonds. The van der Waals surface area contributed by atoms with Crippen LogP contribution in [0.4, 0.5) is 0 Å². The molecule has 0 saturated heterocycles. The summed E-state index contributed by atoms with van der Waals surface area (Å²) in [6.07, 6.45) is 0.714. The monoisotopic (exact) mass is 267 g/mol. The summed E-state index contributed by atoms with van der Waals surface area (Å²) in [4.78, 5) is 4.41. The lowest BCUT2D eigenvalue weighted by atomic mass is 9.99. The molecule has 3 aromatic rings. The fourth-order valence-electron chi connectivity index (χ4n) is 2.46. The third-order valence-electron chi connectivity index (χ3n) is 3.50. The molecule has 2 aromatic carbocycles. The van der Waals surface area contributed by atoms with Gasteiger partial charge in [0.25, 0.3) is 0 Å². The Labute approximate surface area is 117 Å². The molecule has 20 heavy (non-hydrogen) atoms. The molecular weight excluding hydrogens is 250 g/mol. The van der Waals surface area contributed by atoms with E-state index in [4.69, 9.17) is 4.42 Å². The summed E-state index contributed by atoms with van der Waals surface area (Å²) >= 11 is 0. The van der Waals surface area contributed by atoms with Gasteiger partial charge in [0.05, 0.1) is 12.5 Å². The van der Waals surface area contributed by atoms with Gasteiger partial charge >= 0.3 is 0 Å². The van der Waals surface area contributed by atoms with E-state index in [0.717, 1.165) is 28.6 Å². The van der Waals surface area contributed by atoms with Crippen molar-refractivity contribution in [2.45, 2.75) is 25.9 Å². The van der Waals surface area contributed by atoms with Crippen molar-refractivity contribution in [3.63, 3.8) is 0 Å². The van der Waals surface area contributed by atoms with Gasteiger partial charge in [0.2, 0.25) is 0 Å². The molecule has 0 saturated carbocycles. The Balaban J connectivity index is 1.86. The molecule has 1 aromatic heterocycles. The lowest BCUT2D eigenvalue weighted by molar-refractivity contribution is 0.168. The Kier molecular flexibility index (Phi) is 3.52. The van der Waals surface area contributed by atoms with Crippen molar-refractivity contribution in [1.82, 2.24) is 4.98 Å². The lowest BCUT2D eigenvalue weighted by Crippen LogP contribution is -2.05. The van der Waals surface area contributed by atoms with E-state index in [9.17, 15) is 5.11 Å². The third-order valence-corrected chi connectivity index (χ3v) is 3.50. The van der Waals surface area contributed by atoms with E-state index in [1.807, 2.05) is 48.5 Å². The van der Waals surface area contributed by atoms with Crippen LogP contribution in [0.25, 0.3) is 11.1 Å². The average molecular weight is 267 g/mol. The highest BCUT2D eigenvalue weighted by Gasteiger charge is 2.15. The molecule has 1 unspecified atom stereocenters. The van der Waals surface area contributed by atoms with Crippen molar-refractivity contribution in [3.8, 4) is 0 Å². The molecule has 0 spiro atoms. The first kappa shape index (κ1) is 12.9. The summed E-state index contributed by atoms with van der Waals surface area (Å²) in [6.45, 7) is 2.09. The van der Waals surface area contributed by atoms with Crippen molar-refractivity contribution in [3.05, 3.63) is 65.5 Å². The number of aliphatic hydroxyl groups is 1. The van der Waals surface area contributed by atoms with Crippen molar-refractivity contribution in [2.75, 3.05) is 0 Å². The van der Waals surface area contributed by atoms with Crippen molar-refractivity contribution in [1.29, 1.82) is 0 Å². The second-order valence-electron chi connectivity index (χ2n) is 4.85. The summed E-state index contributed by atoms with van der Waals surface area (Å²) < 4.78 is 5.66. The van der Waals surface area contributed by atoms with Gasteiger partial charge in [-0.2, -0.15) is 0 Å². The maximum atomic E-state index is 10.4. The molecule has 0 radical (unpaired) electrons. The van der Waals surface area contributed by atoms with E-state index in [-0.39, 0.29) is 0 Å². The summed E-state index contributed by atoms with van der Waals surface area (Å²) in [6, 6.07) is 15.6. The number of fused-ring (bicyclic) bond motifs is 1. The molecule has 3 rings (SSSR count). The minimum atomic E-state index is -0.584. The minimum absolute atomic E-state index is 0.395. The summed E-state index contributed by atoms with van der Waals surface area (Å²) in [7, 11) is 0. The third kappa shape index (κ3) is 2.45. The van der Waals surface area contributed by atoms with E-state index < -0.39 is 6.10 Å². The predicted octanol–water partition coefficient (Wildman–Crippen LogP) is 3.67. The lowest BCUT2D eigenvalue weighted by Gasteiger charge is -2.13. The van der Waals surface area contributed by atoms with Crippen molar-refractivity contribution in [2.24, 2.45) is 0 Å².